The molecule has 0 saturated carbocycles. The molecule has 0 bridgehead atoms. The zero-order chi connectivity index (χ0) is 12.3. The molecule has 0 radical (unpaired) electrons. The summed E-state index contributed by atoms with van der Waals surface area (Å²) in [5, 5.41) is 3.57. The van der Waals surface area contributed by atoms with Gasteiger partial charge in [0.2, 0.25) is 0 Å². The van der Waals surface area contributed by atoms with E-state index in [0.717, 1.165) is 18.8 Å². The molecular weight excluding hydrogens is 212 g/mol. The van der Waals surface area contributed by atoms with Crippen molar-refractivity contribution in [3.05, 3.63) is 24.3 Å². The molecule has 1 aromatic rings. The molecule has 0 aromatic heterocycles. The quantitative estimate of drug-likeness (QED) is 0.868. The van der Waals surface area contributed by atoms with Crippen LogP contribution in [0.15, 0.2) is 24.3 Å². The number of nitrogens with zero attached hydrogens (tertiary/aromatic N) is 1. The van der Waals surface area contributed by atoms with Gasteiger partial charge in [0.05, 0.1) is 7.11 Å². The van der Waals surface area contributed by atoms with Gasteiger partial charge in [-0.05, 0) is 37.6 Å². The fourth-order valence-electron chi connectivity index (χ4n) is 2.34. The molecule has 1 aliphatic heterocycles. The van der Waals surface area contributed by atoms with Crippen molar-refractivity contribution in [3.8, 4) is 5.75 Å². The Balaban J connectivity index is 2.12. The molecule has 0 aliphatic carbocycles. The Kier molecular flexibility index (Phi) is 3.89. The van der Waals surface area contributed by atoms with Crippen molar-refractivity contribution in [1.82, 2.24) is 5.32 Å². The molecule has 1 saturated heterocycles. The Morgan fingerprint density at radius 1 is 1.35 bits per heavy atom. The third-order valence-electron chi connectivity index (χ3n) is 3.55. The van der Waals surface area contributed by atoms with Crippen LogP contribution in [0.4, 0.5) is 5.69 Å². The summed E-state index contributed by atoms with van der Waals surface area (Å²) in [6.07, 6.45) is 1.18. The maximum Gasteiger partial charge on any atom is 0.119 e. The van der Waals surface area contributed by atoms with E-state index >= 15 is 0 Å². The Morgan fingerprint density at radius 3 is 2.65 bits per heavy atom. The SMILES string of the molecule is CCC1CN(c2ccc(OC)cc2)C(C)CN1. The third-order valence-corrected chi connectivity index (χ3v) is 3.55. The number of ether oxygens (including phenoxy) is 1. The Hall–Kier alpha value is -1.22. The summed E-state index contributed by atoms with van der Waals surface area (Å²) < 4.78 is 5.19. The van der Waals surface area contributed by atoms with Crippen LogP contribution in [0.2, 0.25) is 0 Å². The molecule has 3 nitrogen and oxygen atoms in total. The van der Waals surface area contributed by atoms with Gasteiger partial charge in [0.25, 0.3) is 0 Å². The van der Waals surface area contributed by atoms with E-state index in [0.29, 0.717) is 12.1 Å². The average molecular weight is 234 g/mol. The molecular formula is C14H22N2O. The summed E-state index contributed by atoms with van der Waals surface area (Å²) in [5.74, 6) is 0.920. The third kappa shape index (κ3) is 2.72. The van der Waals surface area contributed by atoms with Crippen molar-refractivity contribution in [2.75, 3.05) is 25.1 Å². The van der Waals surface area contributed by atoms with E-state index in [4.69, 9.17) is 4.74 Å². The van der Waals surface area contributed by atoms with Crippen molar-refractivity contribution in [1.29, 1.82) is 0 Å². The topological polar surface area (TPSA) is 24.5 Å². The Bertz CT molecular complexity index is 350. The van der Waals surface area contributed by atoms with Crippen LogP contribution in [-0.2, 0) is 0 Å². The highest BCUT2D eigenvalue weighted by atomic mass is 16.5. The molecule has 1 N–H and O–H groups in total. The summed E-state index contributed by atoms with van der Waals surface area (Å²) in [5.41, 5.74) is 1.29. The first-order valence-corrected chi connectivity index (χ1v) is 6.38. The minimum absolute atomic E-state index is 0.547. The first-order valence-electron chi connectivity index (χ1n) is 6.38. The van der Waals surface area contributed by atoms with Crippen LogP contribution in [0.5, 0.6) is 5.75 Å². The lowest BCUT2D eigenvalue weighted by Gasteiger charge is -2.40. The fraction of sp³-hybridized carbons (Fsp3) is 0.571. The number of methoxy groups -OCH3 is 1. The second kappa shape index (κ2) is 5.41. The van der Waals surface area contributed by atoms with Crippen LogP contribution in [0, 0.1) is 0 Å². The first kappa shape index (κ1) is 12.2. The fourth-order valence-corrected chi connectivity index (χ4v) is 2.34. The van der Waals surface area contributed by atoms with Gasteiger partial charge in [0.15, 0.2) is 0 Å². The van der Waals surface area contributed by atoms with Gasteiger partial charge >= 0.3 is 0 Å². The highest BCUT2D eigenvalue weighted by Gasteiger charge is 2.23. The zero-order valence-electron chi connectivity index (χ0n) is 10.9. The van der Waals surface area contributed by atoms with E-state index in [-0.39, 0.29) is 0 Å². The van der Waals surface area contributed by atoms with Crippen molar-refractivity contribution >= 4 is 5.69 Å². The summed E-state index contributed by atoms with van der Waals surface area (Å²) in [7, 11) is 1.70. The van der Waals surface area contributed by atoms with Crippen molar-refractivity contribution in [2.24, 2.45) is 0 Å². The Labute approximate surface area is 104 Å². The van der Waals surface area contributed by atoms with Crippen molar-refractivity contribution < 1.29 is 4.74 Å². The van der Waals surface area contributed by atoms with E-state index in [1.54, 1.807) is 7.11 Å². The van der Waals surface area contributed by atoms with Crippen LogP contribution in [0.3, 0.4) is 0 Å². The number of hydrogen-bond acceptors (Lipinski definition) is 3. The molecule has 17 heavy (non-hydrogen) atoms. The van der Waals surface area contributed by atoms with E-state index in [1.807, 2.05) is 12.1 Å². The van der Waals surface area contributed by atoms with Gasteiger partial charge in [0.1, 0.15) is 5.75 Å². The molecule has 1 heterocycles. The predicted octanol–water partition coefficient (Wildman–Crippen LogP) is 2.27. The van der Waals surface area contributed by atoms with Gasteiger partial charge < -0.3 is 15.0 Å². The van der Waals surface area contributed by atoms with E-state index in [1.165, 1.54) is 12.1 Å². The summed E-state index contributed by atoms with van der Waals surface area (Å²) in [6.45, 7) is 6.65. The molecule has 0 amide bonds. The van der Waals surface area contributed by atoms with Gasteiger partial charge in [-0.15, -0.1) is 0 Å². The highest BCUT2D eigenvalue weighted by Crippen LogP contribution is 2.23. The van der Waals surface area contributed by atoms with E-state index in [9.17, 15) is 0 Å². The smallest absolute Gasteiger partial charge is 0.119 e. The molecule has 2 atom stereocenters. The second-order valence-corrected chi connectivity index (χ2v) is 4.71. The van der Waals surface area contributed by atoms with Crippen molar-refractivity contribution in [3.63, 3.8) is 0 Å². The van der Waals surface area contributed by atoms with Gasteiger partial charge in [0, 0.05) is 30.9 Å². The van der Waals surface area contributed by atoms with Crippen LogP contribution < -0.4 is 15.0 Å². The normalized spacial score (nSPS) is 24.8. The predicted molar refractivity (Wildman–Crippen MR) is 71.9 cm³/mol. The van der Waals surface area contributed by atoms with Gasteiger partial charge in [-0.2, -0.15) is 0 Å². The van der Waals surface area contributed by atoms with Crippen LogP contribution in [-0.4, -0.2) is 32.3 Å². The Morgan fingerprint density at radius 2 is 2.06 bits per heavy atom. The lowest BCUT2D eigenvalue weighted by atomic mass is 10.1. The number of nitrogens with one attached hydrogen (secondary N) is 1. The number of benzene rings is 1. The minimum Gasteiger partial charge on any atom is -0.497 e. The number of hydrogen-bond donors (Lipinski definition) is 1. The molecule has 0 spiro atoms. The lowest BCUT2D eigenvalue weighted by Crippen LogP contribution is -2.55. The largest absolute Gasteiger partial charge is 0.497 e. The van der Waals surface area contributed by atoms with E-state index < -0.39 is 0 Å². The van der Waals surface area contributed by atoms with Crippen LogP contribution >= 0.6 is 0 Å². The number of anilines is 1. The first-order chi connectivity index (χ1) is 8.24. The van der Waals surface area contributed by atoms with Gasteiger partial charge in [-0.1, -0.05) is 6.92 Å². The van der Waals surface area contributed by atoms with Crippen LogP contribution in [0.25, 0.3) is 0 Å². The van der Waals surface area contributed by atoms with Gasteiger partial charge in [-0.3, -0.25) is 0 Å². The lowest BCUT2D eigenvalue weighted by molar-refractivity contribution is 0.397. The summed E-state index contributed by atoms with van der Waals surface area (Å²) in [4.78, 5) is 2.48. The second-order valence-electron chi connectivity index (χ2n) is 4.71. The zero-order valence-corrected chi connectivity index (χ0v) is 10.9. The van der Waals surface area contributed by atoms with E-state index in [2.05, 4.69) is 36.2 Å². The molecule has 2 unspecified atom stereocenters. The molecule has 2 rings (SSSR count). The minimum atomic E-state index is 0.547. The monoisotopic (exact) mass is 234 g/mol. The van der Waals surface area contributed by atoms with Crippen LogP contribution in [0.1, 0.15) is 20.3 Å². The standard InChI is InChI=1S/C14H22N2O/c1-4-12-10-16(11(2)9-15-12)13-5-7-14(17-3)8-6-13/h5-8,11-12,15H,4,9-10H2,1-3H3. The van der Waals surface area contributed by atoms with Crippen molar-refractivity contribution in [2.45, 2.75) is 32.4 Å². The van der Waals surface area contributed by atoms with Gasteiger partial charge in [-0.25, -0.2) is 0 Å². The maximum absolute atomic E-state index is 5.19. The maximum atomic E-state index is 5.19. The molecule has 1 aliphatic rings. The molecule has 1 aromatic carbocycles. The average Bonchev–Trinajstić information content (AvgIpc) is 2.39. The molecule has 3 heteroatoms. The number of rotatable bonds is 3. The number of piperazine rings is 1. The summed E-state index contributed by atoms with van der Waals surface area (Å²) in [6, 6.07) is 9.51. The summed E-state index contributed by atoms with van der Waals surface area (Å²) >= 11 is 0. The molecule has 1 fully saturated rings. The molecule has 94 valence electrons. The highest BCUT2D eigenvalue weighted by molar-refractivity contribution is 5.50.